The first-order valence-electron chi connectivity index (χ1n) is 6.87. The van der Waals surface area contributed by atoms with Gasteiger partial charge >= 0.3 is 0 Å². The van der Waals surface area contributed by atoms with Crippen molar-refractivity contribution in [2.45, 2.75) is 33.2 Å². The maximum atomic E-state index is 12.4. The molecule has 0 aliphatic heterocycles. The van der Waals surface area contributed by atoms with Crippen molar-refractivity contribution in [3.63, 3.8) is 0 Å². The zero-order chi connectivity index (χ0) is 14.5. The molecule has 0 aliphatic carbocycles. The summed E-state index contributed by atoms with van der Waals surface area (Å²) in [6.45, 7) is 7.17. The minimum absolute atomic E-state index is 0.139. The van der Waals surface area contributed by atoms with E-state index < -0.39 is 0 Å². The molecule has 1 aromatic heterocycles. The standard InChI is InChI=1S/C15H20N4O/c1-4-19(10-12-8-6-5-7-9-12)15(20)14-16-13(11(2)3)17-18-14/h5-9,11H,4,10H2,1-3H3,(H,16,17,18). The van der Waals surface area contributed by atoms with Gasteiger partial charge in [0.15, 0.2) is 0 Å². The molecular formula is C15H20N4O. The maximum absolute atomic E-state index is 12.4. The Bertz CT molecular complexity index is 562. The Kier molecular flexibility index (Phi) is 4.50. The fourth-order valence-corrected chi connectivity index (χ4v) is 1.90. The highest BCUT2D eigenvalue weighted by atomic mass is 16.2. The van der Waals surface area contributed by atoms with Crippen molar-refractivity contribution in [3.05, 3.63) is 47.5 Å². The van der Waals surface area contributed by atoms with Gasteiger partial charge in [-0.2, -0.15) is 0 Å². The van der Waals surface area contributed by atoms with Gasteiger partial charge in [-0.3, -0.25) is 9.89 Å². The van der Waals surface area contributed by atoms with Gasteiger partial charge in [-0.1, -0.05) is 44.2 Å². The first kappa shape index (κ1) is 14.2. The number of aromatic amines is 1. The highest BCUT2D eigenvalue weighted by molar-refractivity contribution is 5.90. The lowest BCUT2D eigenvalue weighted by atomic mass is 10.2. The summed E-state index contributed by atoms with van der Waals surface area (Å²) in [7, 11) is 0. The van der Waals surface area contributed by atoms with Gasteiger partial charge < -0.3 is 4.90 Å². The molecule has 20 heavy (non-hydrogen) atoms. The van der Waals surface area contributed by atoms with E-state index in [1.807, 2.05) is 51.1 Å². The minimum atomic E-state index is -0.139. The molecule has 2 rings (SSSR count). The van der Waals surface area contributed by atoms with Crippen LogP contribution in [-0.4, -0.2) is 32.5 Å². The molecule has 0 saturated heterocycles. The number of H-pyrrole nitrogens is 1. The Balaban J connectivity index is 2.12. The van der Waals surface area contributed by atoms with Crippen molar-refractivity contribution < 1.29 is 4.79 Å². The molecule has 0 atom stereocenters. The summed E-state index contributed by atoms with van der Waals surface area (Å²) < 4.78 is 0. The van der Waals surface area contributed by atoms with Gasteiger partial charge in [-0.15, -0.1) is 5.10 Å². The van der Waals surface area contributed by atoms with E-state index in [2.05, 4.69) is 15.2 Å². The third kappa shape index (κ3) is 3.23. The van der Waals surface area contributed by atoms with E-state index in [4.69, 9.17) is 0 Å². The van der Waals surface area contributed by atoms with Crippen molar-refractivity contribution in [2.75, 3.05) is 6.54 Å². The Hall–Kier alpha value is -2.17. The van der Waals surface area contributed by atoms with Crippen molar-refractivity contribution in [2.24, 2.45) is 0 Å². The number of amides is 1. The highest BCUT2D eigenvalue weighted by Gasteiger charge is 2.19. The number of rotatable bonds is 5. The van der Waals surface area contributed by atoms with Crippen molar-refractivity contribution in [1.29, 1.82) is 0 Å². The molecule has 1 amide bonds. The monoisotopic (exact) mass is 272 g/mol. The smallest absolute Gasteiger partial charge is 0.293 e. The topological polar surface area (TPSA) is 61.9 Å². The van der Waals surface area contributed by atoms with Crippen LogP contribution in [0.2, 0.25) is 0 Å². The Labute approximate surface area is 119 Å². The number of nitrogens with zero attached hydrogens (tertiary/aromatic N) is 3. The number of aromatic nitrogens is 3. The van der Waals surface area contributed by atoms with Crippen LogP contribution >= 0.6 is 0 Å². The van der Waals surface area contributed by atoms with Crippen LogP contribution in [0.3, 0.4) is 0 Å². The van der Waals surface area contributed by atoms with Gasteiger partial charge in [0.2, 0.25) is 5.82 Å². The molecule has 0 radical (unpaired) electrons. The predicted molar refractivity (Wildman–Crippen MR) is 77.3 cm³/mol. The fraction of sp³-hybridized carbons (Fsp3) is 0.400. The molecule has 1 aromatic carbocycles. The van der Waals surface area contributed by atoms with Crippen molar-refractivity contribution in [3.8, 4) is 0 Å². The summed E-state index contributed by atoms with van der Waals surface area (Å²) in [6, 6.07) is 9.92. The van der Waals surface area contributed by atoms with Crippen molar-refractivity contribution >= 4 is 5.91 Å². The average Bonchev–Trinajstić information content (AvgIpc) is 2.95. The Morgan fingerprint density at radius 3 is 2.55 bits per heavy atom. The van der Waals surface area contributed by atoms with Crippen LogP contribution in [0.1, 0.15) is 48.7 Å². The van der Waals surface area contributed by atoms with Gasteiger partial charge in [0.05, 0.1) is 0 Å². The SMILES string of the molecule is CCN(Cc1ccccc1)C(=O)c1n[nH]c(C(C)C)n1. The third-order valence-corrected chi connectivity index (χ3v) is 3.13. The van der Waals surface area contributed by atoms with E-state index in [0.717, 1.165) is 11.4 Å². The second-order valence-corrected chi connectivity index (χ2v) is 5.00. The predicted octanol–water partition coefficient (Wildman–Crippen LogP) is 2.59. The lowest BCUT2D eigenvalue weighted by Crippen LogP contribution is -2.31. The van der Waals surface area contributed by atoms with E-state index in [0.29, 0.717) is 13.1 Å². The van der Waals surface area contributed by atoms with Crippen LogP contribution in [0.25, 0.3) is 0 Å². The molecule has 1 heterocycles. The number of carbonyl (C=O) groups excluding carboxylic acids is 1. The van der Waals surface area contributed by atoms with Crippen LogP contribution in [0.15, 0.2) is 30.3 Å². The second-order valence-electron chi connectivity index (χ2n) is 5.00. The van der Waals surface area contributed by atoms with Gasteiger partial charge in [-0.25, -0.2) is 4.98 Å². The molecule has 106 valence electrons. The second kappa shape index (κ2) is 6.32. The van der Waals surface area contributed by atoms with Gasteiger partial charge in [0.25, 0.3) is 5.91 Å². The van der Waals surface area contributed by atoms with E-state index in [9.17, 15) is 4.79 Å². The number of hydrogen-bond acceptors (Lipinski definition) is 3. The number of nitrogens with one attached hydrogen (secondary N) is 1. The van der Waals surface area contributed by atoms with Gasteiger partial charge in [0.1, 0.15) is 5.82 Å². The maximum Gasteiger partial charge on any atom is 0.293 e. The largest absolute Gasteiger partial charge is 0.332 e. The molecular weight excluding hydrogens is 252 g/mol. The Morgan fingerprint density at radius 1 is 1.30 bits per heavy atom. The quantitative estimate of drug-likeness (QED) is 0.910. The third-order valence-electron chi connectivity index (χ3n) is 3.13. The number of carbonyl (C=O) groups is 1. The molecule has 0 fully saturated rings. The molecule has 0 unspecified atom stereocenters. The summed E-state index contributed by atoms with van der Waals surface area (Å²) in [4.78, 5) is 18.4. The van der Waals surface area contributed by atoms with E-state index in [1.54, 1.807) is 4.90 Å². The highest BCUT2D eigenvalue weighted by Crippen LogP contribution is 2.11. The average molecular weight is 272 g/mol. The number of benzene rings is 1. The molecule has 1 N–H and O–H groups in total. The summed E-state index contributed by atoms with van der Waals surface area (Å²) in [6.07, 6.45) is 0. The fourth-order valence-electron chi connectivity index (χ4n) is 1.90. The van der Waals surface area contributed by atoms with Crippen LogP contribution < -0.4 is 0 Å². The summed E-state index contributed by atoms with van der Waals surface area (Å²) in [5.74, 6) is 1.07. The molecule has 5 heteroatoms. The summed E-state index contributed by atoms with van der Waals surface area (Å²) in [5.41, 5.74) is 1.10. The normalized spacial score (nSPS) is 10.8. The lowest BCUT2D eigenvalue weighted by molar-refractivity contribution is 0.0740. The summed E-state index contributed by atoms with van der Waals surface area (Å²) in [5, 5.41) is 6.84. The molecule has 0 aliphatic rings. The van der Waals surface area contributed by atoms with E-state index >= 15 is 0 Å². The molecule has 0 bridgehead atoms. The van der Waals surface area contributed by atoms with E-state index in [1.165, 1.54) is 0 Å². The summed E-state index contributed by atoms with van der Waals surface area (Å²) >= 11 is 0. The van der Waals surface area contributed by atoms with Gasteiger partial charge in [0, 0.05) is 19.0 Å². The van der Waals surface area contributed by atoms with Gasteiger partial charge in [-0.05, 0) is 12.5 Å². The molecule has 0 spiro atoms. The Morgan fingerprint density at radius 2 is 2.00 bits per heavy atom. The van der Waals surface area contributed by atoms with Crippen LogP contribution in [0, 0.1) is 0 Å². The van der Waals surface area contributed by atoms with Crippen LogP contribution in [0.5, 0.6) is 0 Å². The zero-order valence-electron chi connectivity index (χ0n) is 12.1. The van der Waals surface area contributed by atoms with Crippen molar-refractivity contribution in [1.82, 2.24) is 20.1 Å². The lowest BCUT2D eigenvalue weighted by Gasteiger charge is -2.19. The first-order chi connectivity index (χ1) is 9.61. The molecule has 0 saturated carbocycles. The van der Waals surface area contributed by atoms with E-state index in [-0.39, 0.29) is 17.6 Å². The minimum Gasteiger partial charge on any atom is -0.332 e. The first-order valence-corrected chi connectivity index (χ1v) is 6.87. The van der Waals surface area contributed by atoms with Crippen LogP contribution in [0.4, 0.5) is 0 Å². The van der Waals surface area contributed by atoms with Crippen LogP contribution in [-0.2, 0) is 6.54 Å². The number of hydrogen-bond donors (Lipinski definition) is 1. The zero-order valence-corrected chi connectivity index (χ0v) is 12.1. The molecule has 2 aromatic rings. The molecule has 5 nitrogen and oxygen atoms in total.